The summed E-state index contributed by atoms with van der Waals surface area (Å²) in [6, 6.07) is 6.26. The third-order valence-electron chi connectivity index (χ3n) is 6.38. The summed E-state index contributed by atoms with van der Waals surface area (Å²) in [5.41, 5.74) is 2.27. The number of anilines is 1. The third kappa shape index (κ3) is 4.37. The van der Waals surface area contributed by atoms with E-state index in [2.05, 4.69) is 30.1 Å². The smallest absolute Gasteiger partial charge is 0.233 e. The Hall–Kier alpha value is -1.44. The molecule has 1 saturated carbocycles. The number of benzene rings is 1. The van der Waals surface area contributed by atoms with Gasteiger partial charge in [-0.05, 0) is 57.0 Å². The topological polar surface area (TPSA) is 60.9 Å². The van der Waals surface area contributed by atoms with E-state index in [-0.39, 0.29) is 36.1 Å². The van der Waals surface area contributed by atoms with Crippen molar-refractivity contribution in [3.63, 3.8) is 0 Å². The largest absolute Gasteiger partial charge is 0.361 e. The number of hydrogen-bond acceptors (Lipinski definition) is 5. The van der Waals surface area contributed by atoms with Crippen LogP contribution in [0.25, 0.3) is 0 Å². The minimum absolute atomic E-state index is 0. The van der Waals surface area contributed by atoms with Gasteiger partial charge in [-0.2, -0.15) is 0 Å². The van der Waals surface area contributed by atoms with E-state index in [1.54, 1.807) is 0 Å². The number of carbonyl (C=O) groups excluding carboxylic acids is 2. The molecule has 1 aromatic rings. The standard InChI is InChI=1S/C21H29N3O3S.ClH/c1-22(10-4-11-24-20(25)16-5-3-6-17(16)21(24)26)12-9-15-7-8-18-19(13-15)28(27)14-23(18)2;/h7-8,13,16-17H,3-6,9-12,14H2,1-2H3;1H. The number of carbonyl (C=O) groups is 2. The second-order valence-corrected chi connectivity index (χ2v) is 9.74. The molecule has 0 aromatic heterocycles. The lowest BCUT2D eigenvalue weighted by atomic mass is 10.00. The monoisotopic (exact) mass is 439 g/mol. The van der Waals surface area contributed by atoms with Crippen molar-refractivity contribution in [2.24, 2.45) is 11.8 Å². The van der Waals surface area contributed by atoms with Crippen molar-refractivity contribution in [1.29, 1.82) is 0 Å². The average Bonchev–Trinajstić information content (AvgIpc) is 3.33. The number of amides is 2. The van der Waals surface area contributed by atoms with Crippen LogP contribution in [0, 0.1) is 11.8 Å². The molecule has 29 heavy (non-hydrogen) atoms. The van der Waals surface area contributed by atoms with Gasteiger partial charge in [0.1, 0.15) is 0 Å². The molecule has 3 unspecified atom stereocenters. The highest BCUT2D eigenvalue weighted by Gasteiger charge is 2.49. The lowest BCUT2D eigenvalue weighted by molar-refractivity contribution is -0.140. The summed E-state index contributed by atoms with van der Waals surface area (Å²) in [4.78, 5) is 31.5. The van der Waals surface area contributed by atoms with Gasteiger partial charge in [0.05, 0.1) is 39.1 Å². The van der Waals surface area contributed by atoms with Crippen LogP contribution in [-0.4, -0.2) is 65.4 Å². The summed E-state index contributed by atoms with van der Waals surface area (Å²) < 4.78 is 12.2. The zero-order chi connectivity index (χ0) is 19.8. The minimum atomic E-state index is -0.925. The number of fused-ring (bicyclic) bond motifs is 2. The van der Waals surface area contributed by atoms with E-state index in [0.29, 0.717) is 12.4 Å². The lowest BCUT2D eigenvalue weighted by Crippen LogP contribution is -2.34. The molecule has 1 aliphatic carbocycles. The molecular formula is C21H30ClN3O3S. The van der Waals surface area contributed by atoms with Gasteiger partial charge in [-0.15, -0.1) is 12.4 Å². The normalized spacial score (nSPS) is 25.6. The number of likely N-dealkylation sites (N-methyl/N-ethyl adjacent to an activating group) is 1. The van der Waals surface area contributed by atoms with Crippen molar-refractivity contribution < 1.29 is 13.8 Å². The molecule has 3 aliphatic rings. The maximum Gasteiger partial charge on any atom is 0.233 e. The van der Waals surface area contributed by atoms with Gasteiger partial charge in [-0.3, -0.25) is 18.7 Å². The van der Waals surface area contributed by atoms with E-state index in [1.165, 1.54) is 10.5 Å². The molecule has 0 spiro atoms. The number of nitrogens with zero attached hydrogens (tertiary/aromatic N) is 3. The Labute approximate surface area is 181 Å². The highest BCUT2D eigenvalue weighted by molar-refractivity contribution is 7.85. The molecule has 160 valence electrons. The van der Waals surface area contributed by atoms with Crippen LogP contribution < -0.4 is 4.90 Å². The molecule has 2 fully saturated rings. The Balaban J connectivity index is 0.00000240. The molecule has 4 rings (SSSR count). The fourth-order valence-electron chi connectivity index (χ4n) is 4.74. The SMILES string of the molecule is CN(CCCN1C(=O)C2CCCC2C1=O)CCc1ccc2c(c1)S(=O)CN2C.Cl. The van der Waals surface area contributed by atoms with Crippen molar-refractivity contribution in [3.05, 3.63) is 23.8 Å². The molecule has 1 saturated heterocycles. The van der Waals surface area contributed by atoms with Gasteiger partial charge in [0.15, 0.2) is 0 Å². The van der Waals surface area contributed by atoms with E-state index in [0.717, 1.165) is 55.8 Å². The average molecular weight is 440 g/mol. The summed E-state index contributed by atoms with van der Waals surface area (Å²) in [6.45, 7) is 2.29. The quantitative estimate of drug-likeness (QED) is 0.610. The number of halogens is 1. The van der Waals surface area contributed by atoms with Gasteiger partial charge >= 0.3 is 0 Å². The van der Waals surface area contributed by atoms with Crippen molar-refractivity contribution in [3.8, 4) is 0 Å². The van der Waals surface area contributed by atoms with Gasteiger partial charge in [-0.1, -0.05) is 12.5 Å². The summed E-state index contributed by atoms with van der Waals surface area (Å²) in [7, 11) is 3.12. The summed E-state index contributed by atoms with van der Waals surface area (Å²) in [5.74, 6) is 0.635. The second-order valence-electron chi connectivity index (χ2n) is 8.35. The van der Waals surface area contributed by atoms with Gasteiger partial charge < -0.3 is 9.80 Å². The van der Waals surface area contributed by atoms with Crippen LogP contribution in [0.3, 0.4) is 0 Å². The van der Waals surface area contributed by atoms with Crippen LogP contribution in [0.2, 0.25) is 0 Å². The van der Waals surface area contributed by atoms with E-state index in [9.17, 15) is 13.8 Å². The zero-order valence-electron chi connectivity index (χ0n) is 17.1. The Bertz CT molecular complexity index is 796. The number of likely N-dealkylation sites (tertiary alicyclic amines) is 1. The van der Waals surface area contributed by atoms with Crippen molar-refractivity contribution in [2.75, 3.05) is 44.5 Å². The van der Waals surface area contributed by atoms with Crippen molar-refractivity contribution in [1.82, 2.24) is 9.80 Å². The van der Waals surface area contributed by atoms with Crippen LogP contribution in [0.15, 0.2) is 23.1 Å². The fraction of sp³-hybridized carbons (Fsp3) is 0.619. The predicted molar refractivity (Wildman–Crippen MR) is 117 cm³/mol. The summed E-state index contributed by atoms with van der Waals surface area (Å²) >= 11 is 0. The zero-order valence-corrected chi connectivity index (χ0v) is 18.8. The number of rotatable bonds is 7. The van der Waals surface area contributed by atoms with Gasteiger partial charge in [0, 0.05) is 20.1 Å². The van der Waals surface area contributed by atoms with E-state index >= 15 is 0 Å². The minimum Gasteiger partial charge on any atom is -0.361 e. The number of hydrogen-bond donors (Lipinski definition) is 0. The van der Waals surface area contributed by atoms with Crippen LogP contribution in [0.4, 0.5) is 5.69 Å². The molecule has 2 heterocycles. The molecule has 8 heteroatoms. The first-order chi connectivity index (χ1) is 13.5. The highest BCUT2D eigenvalue weighted by atomic mass is 35.5. The molecule has 3 atom stereocenters. The fourth-order valence-corrected chi connectivity index (χ4v) is 6.11. The molecule has 0 radical (unpaired) electrons. The number of imide groups is 1. The molecule has 0 bridgehead atoms. The molecule has 1 aromatic carbocycles. The molecule has 0 N–H and O–H groups in total. The van der Waals surface area contributed by atoms with E-state index < -0.39 is 10.8 Å². The molecule has 6 nitrogen and oxygen atoms in total. The van der Waals surface area contributed by atoms with Crippen LogP contribution in [0.5, 0.6) is 0 Å². The van der Waals surface area contributed by atoms with Gasteiger partial charge in [-0.25, -0.2) is 0 Å². The first-order valence-electron chi connectivity index (χ1n) is 10.2. The molecular weight excluding hydrogens is 410 g/mol. The highest BCUT2D eigenvalue weighted by Crippen LogP contribution is 2.39. The molecule has 2 amide bonds. The Morgan fingerprint density at radius 1 is 1.14 bits per heavy atom. The first kappa shape index (κ1) is 22.2. The van der Waals surface area contributed by atoms with Crippen LogP contribution >= 0.6 is 12.4 Å². The van der Waals surface area contributed by atoms with E-state index in [1.807, 2.05) is 11.9 Å². The first-order valence-corrected chi connectivity index (χ1v) is 11.5. The van der Waals surface area contributed by atoms with Gasteiger partial charge in [0.25, 0.3) is 0 Å². The van der Waals surface area contributed by atoms with Crippen LogP contribution in [-0.2, 0) is 26.8 Å². The Morgan fingerprint density at radius 2 is 1.83 bits per heavy atom. The molecule has 2 aliphatic heterocycles. The lowest BCUT2D eigenvalue weighted by Gasteiger charge is -2.20. The van der Waals surface area contributed by atoms with Crippen molar-refractivity contribution >= 4 is 40.7 Å². The third-order valence-corrected chi connectivity index (χ3v) is 7.82. The Kier molecular flexibility index (Phi) is 7.02. The van der Waals surface area contributed by atoms with E-state index in [4.69, 9.17) is 0 Å². The second kappa shape index (κ2) is 9.14. The maximum atomic E-state index is 12.4. The van der Waals surface area contributed by atoms with Crippen LogP contribution in [0.1, 0.15) is 31.2 Å². The maximum absolute atomic E-state index is 12.4. The predicted octanol–water partition coefficient (Wildman–Crippen LogP) is 2.27. The van der Waals surface area contributed by atoms with Crippen molar-refractivity contribution in [2.45, 2.75) is 37.0 Å². The summed E-state index contributed by atoms with van der Waals surface area (Å²) in [5, 5.41) is 0. The van der Waals surface area contributed by atoms with Gasteiger partial charge in [0.2, 0.25) is 11.8 Å². The Morgan fingerprint density at radius 3 is 2.52 bits per heavy atom. The summed E-state index contributed by atoms with van der Waals surface area (Å²) in [6.07, 6.45) is 4.48.